The first-order chi connectivity index (χ1) is 12.1. The van der Waals surface area contributed by atoms with Crippen molar-refractivity contribution in [3.05, 3.63) is 65.7 Å². The highest BCUT2D eigenvalue weighted by Gasteiger charge is 2.51. The van der Waals surface area contributed by atoms with Crippen molar-refractivity contribution >= 4 is 0 Å². The first-order valence-corrected chi connectivity index (χ1v) is 9.27. The van der Waals surface area contributed by atoms with Crippen molar-refractivity contribution in [2.75, 3.05) is 20.2 Å². The molecule has 2 bridgehead atoms. The van der Waals surface area contributed by atoms with Crippen LogP contribution in [0.1, 0.15) is 36.9 Å². The molecule has 3 saturated heterocycles. The maximum atomic E-state index is 11.7. The number of aliphatic hydroxyl groups is 1. The highest BCUT2D eigenvalue weighted by Crippen LogP contribution is 2.53. The summed E-state index contributed by atoms with van der Waals surface area (Å²) in [5, 5.41) is 11.7. The van der Waals surface area contributed by atoms with Crippen LogP contribution in [-0.4, -0.2) is 30.2 Å². The van der Waals surface area contributed by atoms with E-state index < -0.39 is 5.60 Å². The van der Waals surface area contributed by atoms with Crippen LogP contribution in [0, 0.1) is 11.8 Å². The summed E-state index contributed by atoms with van der Waals surface area (Å²) in [5.41, 5.74) is 1.38. The first kappa shape index (κ1) is 16.6. The number of hydrogen-bond acceptors (Lipinski definition) is 3. The SMILES string of the molecule is COc1cccc(C(C)(O)C2C3CCN(CC3)C2c2ccccc2)c1. The topological polar surface area (TPSA) is 32.7 Å². The van der Waals surface area contributed by atoms with Gasteiger partial charge in [0, 0.05) is 12.0 Å². The smallest absolute Gasteiger partial charge is 0.119 e. The highest BCUT2D eigenvalue weighted by atomic mass is 16.5. The third kappa shape index (κ3) is 2.86. The maximum absolute atomic E-state index is 11.7. The van der Waals surface area contributed by atoms with E-state index in [0.29, 0.717) is 5.92 Å². The molecule has 3 heterocycles. The lowest BCUT2D eigenvalue weighted by Crippen LogP contribution is -2.55. The molecule has 132 valence electrons. The minimum absolute atomic E-state index is 0.185. The van der Waals surface area contributed by atoms with Gasteiger partial charge >= 0.3 is 0 Å². The molecule has 3 atom stereocenters. The molecule has 5 rings (SSSR count). The lowest BCUT2D eigenvalue weighted by atomic mass is 9.63. The Labute approximate surface area is 150 Å². The third-order valence-electron chi connectivity index (χ3n) is 6.26. The van der Waals surface area contributed by atoms with E-state index in [-0.39, 0.29) is 12.0 Å². The summed E-state index contributed by atoms with van der Waals surface area (Å²) in [6, 6.07) is 18.9. The minimum Gasteiger partial charge on any atom is -0.497 e. The Morgan fingerprint density at radius 1 is 1.04 bits per heavy atom. The molecule has 2 aromatic carbocycles. The maximum Gasteiger partial charge on any atom is 0.119 e. The van der Waals surface area contributed by atoms with E-state index in [1.807, 2.05) is 31.2 Å². The van der Waals surface area contributed by atoms with E-state index in [2.05, 4.69) is 35.2 Å². The number of fused-ring (bicyclic) bond motifs is 3. The molecule has 2 aromatic rings. The second kappa shape index (κ2) is 6.47. The number of piperidine rings is 3. The van der Waals surface area contributed by atoms with Crippen LogP contribution in [0.25, 0.3) is 0 Å². The van der Waals surface area contributed by atoms with Gasteiger partial charge in [-0.15, -0.1) is 0 Å². The second-order valence-electron chi connectivity index (χ2n) is 7.63. The van der Waals surface area contributed by atoms with E-state index in [0.717, 1.165) is 24.4 Å². The van der Waals surface area contributed by atoms with Crippen molar-refractivity contribution in [3.8, 4) is 5.75 Å². The number of nitrogens with zero attached hydrogens (tertiary/aromatic N) is 1. The van der Waals surface area contributed by atoms with Crippen LogP contribution in [0.2, 0.25) is 0 Å². The standard InChI is InChI=1S/C22H27NO2/c1-22(24,18-9-6-10-19(15-18)25-2)20-16-11-13-23(14-12-16)21(20)17-7-4-3-5-8-17/h3-10,15-16,20-21,24H,11-14H2,1-2H3. The zero-order chi connectivity index (χ0) is 17.4. The molecule has 3 aliphatic rings. The van der Waals surface area contributed by atoms with Gasteiger partial charge in [-0.25, -0.2) is 0 Å². The fraction of sp³-hybridized carbons (Fsp3) is 0.455. The summed E-state index contributed by atoms with van der Waals surface area (Å²) in [5.74, 6) is 1.54. The molecule has 3 unspecified atom stereocenters. The van der Waals surface area contributed by atoms with Crippen LogP contribution >= 0.6 is 0 Å². The monoisotopic (exact) mass is 337 g/mol. The van der Waals surface area contributed by atoms with Crippen molar-refractivity contribution in [2.24, 2.45) is 11.8 Å². The Morgan fingerprint density at radius 2 is 1.76 bits per heavy atom. The van der Waals surface area contributed by atoms with Crippen LogP contribution in [0.5, 0.6) is 5.75 Å². The van der Waals surface area contributed by atoms with Gasteiger partial charge in [-0.1, -0.05) is 42.5 Å². The van der Waals surface area contributed by atoms with Gasteiger partial charge in [-0.05, 0) is 62.0 Å². The van der Waals surface area contributed by atoms with Gasteiger partial charge in [0.1, 0.15) is 5.75 Å². The average molecular weight is 337 g/mol. The van der Waals surface area contributed by atoms with Gasteiger partial charge in [0.2, 0.25) is 0 Å². The molecule has 3 heteroatoms. The van der Waals surface area contributed by atoms with Gasteiger partial charge in [0.15, 0.2) is 0 Å². The average Bonchev–Trinajstić information content (AvgIpc) is 2.69. The van der Waals surface area contributed by atoms with Crippen LogP contribution in [0.4, 0.5) is 0 Å². The zero-order valence-electron chi connectivity index (χ0n) is 15.1. The number of ether oxygens (including phenoxy) is 1. The van der Waals surface area contributed by atoms with E-state index in [9.17, 15) is 5.11 Å². The van der Waals surface area contributed by atoms with Crippen LogP contribution < -0.4 is 4.74 Å². The lowest BCUT2D eigenvalue weighted by molar-refractivity contribution is -0.126. The Kier molecular flexibility index (Phi) is 4.30. The summed E-state index contributed by atoms with van der Waals surface area (Å²) in [6.07, 6.45) is 2.35. The van der Waals surface area contributed by atoms with Crippen molar-refractivity contribution in [1.29, 1.82) is 0 Å². The summed E-state index contributed by atoms with van der Waals surface area (Å²) in [6.45, 7) is 4.26. The van der Waals surface area contributed by atoms with Crippen LogP contribution in [0.3, 0.4) is 0 Å². The lowest BCUT2D eigenvalue weighted by Gasteiger charge is -2.55. The molecular weight excluding hydrogens is 310 g/mol. The van der Waals surface area contributed by atoms with E-state index in [4.69, 9.17) is 4.74 Å². The predicted molar refractivity (Wildman–Crippen MR) is 99.5 cm³/mol. The largest absolute Gasteiger partial charge is 0.497 e. The summed E-state index contributed by atoms with van der Waals surface area (Å²) in [4.78, 5) is 2.56. The molecule has 3 nitrogen and oxygen atoms in total. The molecule has 3 fully saturated rings. The fourth-order valence-electron chi connectivity index (χ4n) is 5.01. The van der Waals surface area contributed by atoms with Crippen molar-refractivity contribution in [2.45, 2.75) is 31.4 Å². The Hall–Kier alpha value is -1.84. The van der Waals surface area contributed by atoms with Crippen molar-refractivity contribution in [1.82, 2.24) is 4.90 Å². The summed E-state index contributed by atoms with van der Waals surface area (Å²) in [7, 11) is 1.68. The normalized spacial score (nSPS) is 30.7. The van der Waals surface area contributed by atoms with Gasteiger partial charge in [0.05, 0.1) is 12.7 Å². The number of benzene rings is 2. The van der Waals surface area contributed by atoms with Crippen LogP contribution in [-0.2, 0) is 5.60 Å². The Bertz CT molecular complexity index is 720. The summed E-state index contributed by atoms with van der Waals surface area (Å²) < 4.78 is 5.39. The molecular formula is C22H27NO2. The Morgan fingerprint density at radius 3 is 2.44 bits per heavy atom. The molecule has 0 amide bonds. The van der Waals surface area contributed by atoms with Gasteiger partial charge in [-0.2, -0.15) is 0 Å². The van der Waals surface area contributed by atoms with E-state index >= 15 is 0 Å². The molecule has 3 aliphatic heterocycles. The quantitative estimate of drug-likeness (QED) is 0.916. The molecule has 0 spiro atoms. The number of hydrogen-bond donors (Lipinski definition) is 1. The van der Waals surface area contributed by atoms with Gasteiger partial charge < -0.3 is 9.84 Å². The third-order valence-corrected chi connectivity index (χ3v) is 6.26. The molecule has 0 saturated carbocycles. The number of rotatable bonds is 4. The van der Waals surface area contributed by atoms with E-state index in [1.54, 1.807) is 7.11 Å². The molecule has 0 aromatic heterocycles. The van der Waals surface area contributed by atoms with E-state index in [1.165, 1.54) is 18.4 Å². The summed E-state index contributed by atoms with van der Waals surface area (Å²) >= 11 is 0. The van der Waals surface area contributed by atoms with Gasteiger partial charge in [-0.3, -0.25) is 4.90 Å². The van der Waals surface area contributed by atoms with Crippen molar-refractivity contribution < 1.29 is 9.84 Å². The molecule has 0 radical (unpaired) electrons. The first-order valence-electron chi connectivity index (χ1n) is 9.27. The van der Waals surface area contributed by atoms with Crippen LogP contribution in [0.15, 0.2) is 54.6 Å². The Balaban J connectivity index is 1.77. The minimum atomic E-state index is -0.890. The van der Waals surface area contributed by atoms with Crippen molar-refractivity contribution in [3.63, 3.8) is 0 Å². The highest BCUT2D eigenvalue weighted by molar-refractivity contribution is 5.34. The van der Waals surface area contributed by atoms with Gasteiger partial charge in [0.25, 0.3) is 0 Å². The second-order valence-corrected chi connectivity index (χ2v) is 7.63. The zero-order valence-corrected chi connectivity index (χ0v) is 15.1. The molecule has 1 N–H and O–H groups in total. The fourth-order valence-corrected chi connectivity index (χ4v) is 5.01. The molecule has 25 heavy (non-hydrogen) atoms. The predicted octanol–water partition coefficient (Wildman–Crippen LogP) is 3.99. The number of methoxy groups -OCH3 is 1. The molecule has 0 aliphatic carbocycles.